The van der Waals surface area contributed by atoms with E-state index >= 15 is 0 Å². The zero-order chi connectivity index (χ0) is 16.3. The van der Waals surface area contributed by atoms with E-state index in [2.05, 4.69) is 13.0 Å². The van der Waals surface area contributed by atoms with Crippen molar-refractivity contribution in [2.75, 3.05) is 19.7 Å². The predicted molar refractivity (Wildman–Crippen MR) is 83.3 cm³/mol. The maximum Gasteiger partial charge on any atom is 0.341 e. The summed E-state index contributed by atoms with van der Waals surface area (Å²) in [6, 6.07) is 3.52. The number of aryl methyl sites for hydroxylation is 2. The van der Waals surface area contributed by atoms with Gasteiger partial charge < -0.3 is 14.7 Å². The Hall–Kier alpha value is -2.30. The average molecular weight is 303 g/mol. The van der Waals surface area contributed by atoms with E-state index < -0.39 is 5.97 Å². The van der Waals surface area contributed by atoms with Gasteiger partial charge in [0.05, 0.1) is 0 Å². The van der Waals surface area contributed by atoms with Gasteiger partial charge in [-0.3, -0.25) is 4.79 Å². The molecule has 0 bridgehead atoms. The lowest BCUT2D eigenvalue weighted by molar-refractivity contribution is -0.139. The first-order valence-electron chi connectivity index (χ1n) is 7.29. The standard InChI is InChI=1S/C17H21NO4/c1-11-4-6-18(7-5-11)17(21)14-8-12(2)16(13(3)9-14)22-10-15(19)20/h4,8-9H,5-7,10H2,1-3H3,(H,19,20). The Kier molecular flexibility index (Phi) is 4.85. The number of hydrogen-bond acceptors (Lipinski definition) is 3. The second kappa shape index (κ2) is 6.64. The fraction of sp³-hybridized carbons (Fsp3) is 0.412. The van der Waals surface area contributed by atoms with Gasteiger partial charge in [0.15, 0.2) is 6.61 Å². The quantitative estimate of drug-likeness (QED) is 0.868. The zero-order valence-corrected chi connectivity index (χ0v) is 13.2. The Bertz CT molecular complexity index is 611. The highest BCUT2D eigenvalue weighted by atomic mass is 16.5. The van der Waals surface area contributed by atoms with Gasteiger partial charge in [0.2, 0.25) is 0 Å². The van der Waals surface area contributed by atoms with E-state index in [9.17, 15) is 9.59 Å². The van der Waals surface area contributed by atoms with E-state index in [1.807, 2.05) is 18.7 Å². The lowest BCUT2D eigenvalue weighted by Crippen LogP contribution is -2.34. The molecule has 1 aliphatic rings. The summed E-state index contributed by atoms with van der Waals surface area (Å²) in [4.78, 5) is 25.0. The molecule has 2 rings (SSSR count). The van der Waals surface area contributed by atoms with Crippen molar-refractivity contribution in [3.05, 3.63) is 40.5 Å². The SMILES string of the molecule is CC1=CCN(C(=O)c2cc(C)c(OCC(=O)O)c(C)c2)CC1. The van der Waals surface area contributed by atoms with Gasteiger partial charge in [-0.1, -0.05) is 11.6 Å². The molecule has 0 saturated heterocycles. The highest BCUT2D eigenvalue weighted by Crippen LogP contribution is 2.26. The first kappa shape index (κ1) is 16.1. The average Bonchev–Trinajstić information content (AvgIpc) is 2.46. The Labute approximate surface area is 130 Å². The summed E-state index contributed by atoms with van der Waals surface area (Å²) in [5, 5.41) is 8.70. The number of nitrogens with zero attached hydrogens (tertiary/aromatic N) is 1. The molecule has 5 heteroatoms. The van der Waals surface area contributed by atoms with Crippen LogP contribution in [0.3, 0.4) is 0 Å². The molecule has 0 spiro atoms. The lowest BCUT2D eigenvalue weighted by atomic mass is 10.0. The third-order valence-electron chi connectivity index (χ3n) is 3.77. The third-order valence-corrected chi connectivity index (χ3v) is 3.77. The van der Waals surface area contributed by atoms with Gasteiger partial charge in [-0.15, -0.1) is 0 Å². The highest BCUT2D eigenvalue weighted by Gasteiger charge is 2.19. The summed E-state index contributed by atoms with van der Waals surface area (Å²) in [5.41, 5.74) is 3.47. The van der Waals surface area contributed by atoms with Crippen molar-refractivity contribution in [3.8, 4) is 5.75 Å². The zero-order valence-electron chi connectivity index (χ0n) is 13.2. The number of carboxylic acid groups (broad SMARTS) is 1. The van der Waals surface area contributed by atoms with Crippen molar-refractivity contribution in [3.63, 3.8) is 0 Å². The molecule has 118 valence electrons. The fourth-order valence-corrected chi connectivity index (χ4v) is 2.57. The number of carbonyl (C=O) groups excluding carboxylic acids is 1. The lowest BCUT2D eigenvalue weighted by Gasteiger charge is -2.26. The van der Waals surface area contributed by atoms with E-state index in [1.165, 1.54) is 5.57 Å². The maximum absolute atomic E-state index is 12.5. The minimum absolute atomic E-state index is 0.000246. The van der Waals surface area contributed by atoms with Crippen LogP contribution in [-0.2, 0) is 4.79 Å². The molecule has 0 atom stereocenters. The minimum Gasteiger partial charge on any atom is -0.481 e. The number of carboxylic acids is 1. The first-order chi connectivity index (χ1) is 10.4. The second-order valence-corrected chi connectivity index (χ2v) is 5.67. The van der Waals surface area contributed by atoms with Crippen LogP contribution >= 0.6 is 0 Å². The molecule has 1 aromatic rings. The van der Waals surface area contributed by atoms with Gasteiger partial charge in [-0.05, 0) is 50.5 Å². The van der Waals surface area contributed by atoms with Gasteiger partial charge >= 0.3 is 5.97 Å². The molecule has 0 aliphatic carbocycles. The van der Waals surface area contributed by atoms with Crippen LogP contribution in [0.15, 0.2) is 23.8 Å². The van der Waals surface area contributed by atoms with E-state index in [0.29, 0.717) is 17.9 Å². The summed E-state index contributed by atoms with van der Waals surface area (Å²) in [6.45, 7) is 6.70. The summed E-state index contributed by atoms with van der Waals surface area (Å²) in [7, 11) is 0. The summed E-state index contributed by atoms with van der Waals surface area (Å²) >= 11 is 0. The van der Waals surface area contributed by atoms with E-state index in [0.717, 1.165) is 24.1 Å². The number of aliphatic carboxylic acids is 1. The van der Waals surface area contributed by atoms with Crippen LogP contribution in [-0.4, -0.2) is 41.6 Å². The van der Waals surface area contributed by atoms with Crippen LogP contribution in [0.1, 0.15) is 34.8 Å². The molecule has 5 nitrogen and oxygen atoms in total. The normalized spacial score (nSPS) is 14.5. The summed E-state index contributed by atoms with van der Waals surface area (Å²) in [6.07, 6.45) is 2.98. The summed E-state index contributed by atoms with van der Waals surface area (Å²) in [5.74, 6) is -0.484. The highest BCUT2D eigenvalue weighted by molar-refractivity contribution is 5.95. The number of benzene rings is 1. The Morgan fingerprint density at radius 1 is 1.23 bits per heavy atom. The second-order valence-electron chi connectivity index (χ2n) is 5.67. The van der Waals surface area contributed by atoms with Gasteiger partial charge in [0.1, 0.15) is 5.75 Å². The molecule has 0 aromatic heterocycles. The summed E-state index contributed by atoms with van der Waals surface area (Å²) < 4.78 is 5.29. The van der Waals surface area contributed by atoms with Crippen LogP contribution < -0.4 is 4.74 Å². The molecular weight excluding hydrogens is 282 g/mol. The molecule has 1 heterocycles. The molecule has 1 aromatic carbocycles. The van der Waals surface area contributed by atoms with Crippen LogP contribution in [0.4, 0.5) is 0 Å². The van der Waals surface area contributed by atoms with Gasteiger partial charge in [0.25, 0.3) is 5.91 Å². The van der Waals surface area contributed by atoms with Crippen LogP contribution in [0.25, 0.3) is 0 Å². The predicted octanol–water partition coefficient (Wildman–Crippen LogP) is 2.56. The van der Waals surface area contributed by atoms with Gasteiger partial charge in [-0.25, -0.2) is 4.79 Å². The smallest absolute Gasteiger partial charge is 0.341 e. The van der Waals surface area contributed by atoms with Crippen LogP contribution in [0, 0.1) is 13.8 Å². The molecule has 22 heavy (non-hydrogen) atoms. The van der Waals surface area contributed by atoms with Gasteiger partial charge in [0, 0.05) is 18.7 Å². The molecule has 0 saturated carbocycles. The van der Waals surface area contributed by atoms with Crippen molar-refractivity contribution < 1.29 is 19.4 Å². The van der Waals surface area contributed by atoms with Crippen molar-refractivity contribution in [1.82, 2.24) is 4.90 Å². The monoisotopic (exact) mass is 303 g/mol. The molecule has 0 fully saturated rings. The number of ether oxygens (including phenoxy) is 1. The topological polar surface area (TPSA) is 66.8 Å². The van der Waals surface area contributed by atoms with E-state index in [1.54, 1.807) is 12.1 Å². The Balaban J connectivity index is 2.19. The molecule has 1 N–H and O–H groups in total. The number of carbonyl (C=O) groups is 2. The Morgan fingerprint density at radius 3 is 2.36 bits per heavy atom. The van der Waals surface area contributed by atoms with Crippen molar-refractivity contribution in [1.29, 1.82) is 0 Å². The molecule has 1 amide bonds. The van der Waals surface area contributed by atoms with Crippen LogP contribution in [0.2, 0.25) is 0 Å². The van der Waals surface area contributed by atoms with Crippen molar-refractivity contribution >= 4 is 11.9 Å². The molecular formula is C17H21NO4. The van der Waals surface area contributed by atoms with Crippen molar-refractivity contribution in [2.24, 2.45) is 0 Å². The third kappa shape index (κ3) is 3.67. The fourth-order valence-electron chi connectivity index (χ4n) is 2.57. The molecule has 0 unspecified atom stereocenters. The number of amides is 1. The van der Waals surface area contributed by atoms with Gasteiger partial charge in [-0.2, -0.15) is 0 Å². The Morgan fingerprint density at radius 2 is 1.86 bits per heavy atom. The van der Waals surface area contributed by atoms with Crippen molar-refractivity contribution in [2.45, 2.75) is 27.2 Å². The molecule has 0 radical (unpaired) electrons. The van der Waals surface area contributed by atoms with E-state index in [-0.39, 0.29) is 12.5 Å². The number of rotatable bonds is 4. The minimum atomic E-state index is -1.02. The van der Waals surface area contributed by atoms with E-state index in [4.69, 9.17) is 9.84 Å². The largest absolute Gasteiger partial charge is 0.481 e. The number of hydrogen-bond donors (Lipinski definition) is 1. The first-order valence-corrected chi connectivity index (χ1v) is 7.29. The maximum atomic E-state index is 12.5. The van der Waals surface area contributed by atoms with Crippen LogP contribution in [0.5, 0.6) is 5.75 Å². The molecule has 1 aliphatic heterocycles.